The lowest BCUT2D eigenvalue weighted by Crippen LogP contribution is -1.91. The third-order valence-electron chi connectivity index (χ3n) is 2.31. The van der Waals surface area contributed by atoms with Crippen molar-refractivity contribution in [3.05, 3.63) is 53.6 Å². The highest BCUT2D eigenvalue weighted by Crippen LogP contribution is 2.28. The van der Waals surface area contributed by atoms with Crippen molar-refractivity contribution in [1.82, 2.24) is 4.98 Å². The van der Waals surface area contributed by atoms with Crippen LogP contribution in [0.3, 0.4) is 0 Å². The summed E-state index contributed by atoms with van der Waals surface area (Å²) in [6.07, 6.45) is 1.59. The smallest absolute Gasteiger partial charge is 0.140 e. The zero-order valence-electron chi connectivity index (χ0n) is 9.43. The predicted molar refractivity (Wildman–Crippen MR) is 69.3 cm³/mol. The number of pyridine rings is 1. The van der Waals surface area contributed by atoms with Crippen molar-refractivity contribution in [2.24, 2.45) is 0 Å². The number of nitrogen functional groups attached to an aromatic ring is 1. The van der Waals surface area contributed by atoms with Gasteiger partial charge in [0.05, 0.1) is 0 Å². The molecule has 0 aliphatic rings. The van der Waals surface area contributed by atoms with Gasteiger partial charge >= 0.3 is 0 Å². The number of nitriles is 1. The molecule has 0 spiro atoms. The summed E-state index contributed by atoms with van der Waals surface area (Å²) in [6, 6.07) is 9.80. The maximum atomic E-state index is 13.1. The fourth-order valence-corrected chi connectivity index (χ4v) is 2.35. The molecule has 2 rings (SSSR count). The highest BCUT2D eigenvalue weighted by atomic mass is 32.2. The summed E-state index contributed by atoms with van der Waals surface area (Å²) in [5.41, 5.74) is 7.64. The second kappa shape index (κ2) is 5.52. The van der Waals surface area contributed by atoms with E-state index in [1.807, 2.05) is 12.1 Å². The first-order valence-corrected chi connectivity index (χ1v) is 6.20. The number of rotatable bonds is 3. The van der Waals surface area contributed by atoms with Crippen molar-refractivity contribution in [2.45, 2.75) is 10.6 Å². The summed E-state index contributed by atoms with van der Waals surface area (Å²) < 4.78 is 13.1. The van der Waals surface area contributed by atoms with Crippen molar-refractivity contribution in [2.75, 3.05) is 5.73 Å². The summed E-state index contributed by atoms with van der Waals surface area (Å²) >= 11 is 1.43. The zero-order chi connectivity index (χ0) is 13.0. The summed E-state index contributed by atoms with van der Waals surface area (Å²) in [4.78, 5) is 4.59. The van der Waals surface area contributed by atoms with Crippen molar-refractivity contribution >= 4 is 17.4 Å². The molecule has 0 saturated carbocycles. The molecule has 0 fully saturated rings. The van der Waals surface area contributed by atoms with Crippen LogP contribution in [0.5, 0.6) is 0 Å². The molecule has 18 heavy (non-hydrogen) atoms. The molecule has 90 valence electrons. The SMILES string of the molecule is N#Cc1cc(CSc2cc(F)ccc2N)ccn1. The standard InChI is InChI=1S/C13H10FN3S/c14-10-1-2-12(16)13(6-10)18-8-9-3-4-17-11(5-9)7-15/h1-6H,8,16H2. The number of aromatic nitrogens is 1. The lowest BCUT2D eigenvalue weighted by Gasteiger charge is -2.05. The van der Waals surface area contributed by atoms with E-state index in [4.69, 9.17) is 11.0 Å². The van der Waals surface area contributed by atoms with Gasteiger partial charge in [-0.15, -0.1) is 11.8 Å². The van der Waals surface area contributed by atoms with E-state index in [-0.39, 0.29) is 5.82 Å². The number of hydrogen-bond acceptors (Lipinski definition) is 4. The molecule has 0 bridgehead atoms. The number of thioether (sulfide) groups is 1. The van der Waals surface area contributed by atoms with Gasteiger partial charge < -0.3 is 5.73 Å². The molecule has 0 unspecified atom stereocenters. The largest absolute Gasteiger partial charge is 0.398 e. The molecule has 5 heteroatoms. The lowest BCUT2D eigenvalue weighted by molar-refractivity contribution is 0.624. The number of nitrogens with two attached hydrogens (primary N) is 1. The van der Waals surface area contributed by atoms with E-state index in [9.17, 15) is 4.39 Å². The third kappa shape index (κ3) is 2.99. The van der Waals surface area contributed by atoms with Crippen LogP contribution in [-0.2, 0) is 5.75 Å². The van der Waals surface area contributed by atoms with E-state index in [1.54, 1.807) is 18.3 Å². The highest BCUT2D eigenvalue weighted by molar-refractivity contribution is 7.98. The lowest BCUT2D eigenvalue weighted by atomic mass is 10.2. The van der Waals surface area contributed by atoms with Crippen molar-refractivity contribution < 1.29 is 4.39 Å². The van der Waals surface area contributed by atoms with Crippen LogP contribution in [0.4, 0.5) is 10.1 Å². The van der Waals surface area contributed by atoms with Crippen LogP contribution in [0.15, 0.2) is 41.4 Å². The Bertz CT molecular complexity index is 607. The fourth-order valence-electron chi connectivity index (χ4n) is 1.42. The minimum absolute atomic E-state index is 0.306. The summed E-state index contributed by atoms with van der Waals surface area (Å²) in [5.74, 6) is 0.310. The van der Waals surface area contributed by atoms with Gasteiger partial charge in [-0.2, -0.15) is 5.26 Å². The molecule has 2 N–H and O–H groups in total. The molecule has 1 aromatic carbocycles. The highest BCUT2D eigenvalue weighted by Gasteiger charge is 2.03. The van der Waals surface area contributed by atoms with Gasteiger partial charge in [-0.25, -0.2) is 9.37 Å². The molecule has 0 radical (unpaired) electrons. The van der Waals surface area contributed by atoms with Gasteiger partial charge in [0, 0.05) is 22.5 Å². The van der Waals surface area contributed by atoms with E-state index in [0.717, 1.165) is 5.56 Å². The first-order chi connectivity index (χ1) is 8.69. The minimum atomic E-state index is -0.306. The first-order valence-electron chi connectivity index (χ1n) is 5.22. The van der Waals surface area contributed by atoms with Crippen LogP contribution in [0, 0.1) is 17.1 Å². The molecule has 0 saturated heterocycles. The Hall–Kier alpha value is -2.06. The summed E-state index contributed by atoms with van der Waals surface area (Å²) in [6.45, 7) is 0. The third-order valence-corrected chi connectivity index (χ3v) is 3.45. The average molecular weight is 259 g/mol. The molecular weight excluding hydrogens is 249 g/mol. The van der Waals surface area contributed by atoms with E-state index in [2.05, 4.69) is 4.98 Å². The number of hydrogen-bond donors (Lipinski definition) is 1. The molecule has 1 heterocycles. The Morgan fingerprint density at radius 3 is 2.94 bits per heavy atom. The van der Waals surface area contributed by atoms with Gasteiger partial charge in [0.2, 0.25) is 0 Å². The molecule has 0 amide bonds. The van der Waals surface area contributed by atoms with Crippen LogP contribution in [0.25, 0.3) is 0 Å². The van der Waals surface area contributed by atoms with Crippen LogP contribution < -0.4 is 5.73 Å². The maximum Gasteiger partial charge on any atom is 0.140 e. The van der Waals surface area contributed by atoms with Crippen molar-refractivity contribution in [3.63, 3.8) is 0 Å². The molecule has 0 aliphatic heterocycles. The van der Waals surface area contributed by atoms with Crippen molar-refractivity contribution in [1.29, 1.82) is 5.26 Å². The van der Waals surface area contributed by atoms with Gasteiger partial charge in [0.15, 0.2) is 0 Å². The Kier molecular flexibility index (Phi) is 3.80. The second-order valence-corrected chi connectivity index (χ2v) is 4.65. The van der Waals surface area contributed by atoms with Crippen LogP contribution in [0.1, 0.15) is 11.3 Å². The normalized spacial score (nSPS) is 10.0. The van der Waals surface area contributed by atoms with E-state index >= 15 is 0 Å². The van der Waals surface area contributed by atoms with Gasteiger partial charge in [-0.05, 0) is 35.9 Å². The number of halogens is 1. The maximum absolute atomic E-state index is 13.1. The number of benzene rings is 1. The molecule has 0 atom stereocenters. The fraction of sp³-hybridized carbons (Fsp3) is 0.0769. The second-order valence-electron chi connectivity index (χ2n) is 3.63. The topological polar surface area (TPSA) is 62.7 Å². The molecular formula is C13H10FN3S. The van der Waals surface area contributed by atoms with E-state index < -0.39 is 0 Å². The Labute approximate surface area is 108 Å². The van der Waals surface area contributed by atoms with E-state index in [0.29, 0.717) is 22.0 Å². The molecule has 0 aliphatic carbocycles. The average Bonchev–Trinajstić information content (AvgIpc) is 2.40. The Morgan fingerprint density at radius 1 is 1.33 bits per heavy atom. The monoisotopic (exact) mass is 259 g/mol. The number of nitrogens with zero attached hydrogens (tertiary/aromatic N) is 2. The van der Waals surface area contributed by atoms with Crippen LogP contribution in [-0.4, -0.2) is 4.98 Å². The first kappa shape index (κ1) is 12.4. The number of anilines is 1. The quantitative estimate of drug-likeness (QED) is 0.680. The summed E-state index contributed by atoms with van der Waals surface area (Å²) in [7, 11) is 0. The van der Waals surface area contributed by atoms with E-state index in [1.165, 1.54) is 23.9 Å². The van der Waals surface area contributed by atoms with Gasteiger partial charge in [-0.3, -0.25) is 0 Å². The molecule has 1 aromatic heterocycles. The van der Waals surface area contributed by atoms with Crippen molar-refractivity contribution in [3.8, 4) is 6.07 Å². The van der Waals surface area contributed by atoms with Gasteiger partial charge in [0.25, 0.3) is 0 Å². The Morgan fingerprint density at radius 2 is 2.17 bits per heavy atom. The van der Waals surface area contributed by atoms with Gasteiger partial charge in [0.1, 0.15) is 17.6 Å². The predicted octanol–water partition coefficient (Wildman–Crippen LogP) is 2.97. The molecule has 3 nitrogen and oxygen atoms in total. The van der Waals surface area contributed by atoms with Gasteiger partial charge in [-0.1, -0.05) is 0 Å². The zero-order valence-corrected chi connectivity index (χ0v) is 10.2. The summed E-state index contributed by atoms with van der Waals surface area (Å²) in [5, 5.41) is 8.74. The minimum Gasteiger partial charge on any atom is -0.398 e. The molecule has 2 aromatic rings. The van der Waals surface area contributed by atoms with Crippen LogP contribution >= 0.6 is 11.8 Å². The Balaban J connectivity index is 2.11. The van der Waals surface area contributed by atoms with Crippen LogP contribution in [0.2, 0.25) is 0 Å².